The molecule has 0 saturated carbocycles. The molecule has 1 atom stereocenters. The fourth-order valence-electron chi connectivity index (χ4n) is 3.66. The van der Waals surface area contributed by atoms with Gasteiger partial charge in [-0.05, 0) is 25.8 Å². The van der Waals surface area contributed by atoms with Gasteiger partial charge in [0.15, 0.2) is 5.69 Å². The standard InChI is InChI=1S/C21H26N4O5/c1-4-30-16-10-6-5-8-14(16)12-24(3)21(29)17-18(27)20(28)23-19(22-17)15-9-7-11-25(15)13(2)26/h5-6,8,10,15,27H,4,7,9,11-12H2,1-3H3,(H,22,23,28). The van der Waals surface area contributed by atoms with E-state index in [9.17, 15) is 19.5 Å². The minimum atomic E-state index is -0.804. The lowest BCUT2D eigenvalue weighted by Crippen LogP contribution is -2.33. The maximum Gasteiger partial charge on any atom is 0.294 e. The average Bonchev–Trinajstić information content (AvgIpc) is 3.21. The molecule has 30 heavy (non-hydrogen) atoms. The van der Waals surface area contributed by atoms with Crippen LogP contribution in [0, 0.1) is 0 Å². The van der Waals surface area contributed by atoms with Crippen LogP contribution in [0.1, 0.15) is 54.6 Å². The lowest BCUT2D eigenvalue weighted by atomic mass is 10.1. The van der Waals surface area contributed by atoms with Crippen molar-refractivity contribution < 1.29 is 19.4 Å². The van der Waals surface area contributed by atoms with Crippen molar-refractivity contribution in [1.29, 1.82) is 0 Å². The van der Waals surface area contributed by atoms with E-state index in [4.69, 9.17) is 4.74 Å². The Morgan fingerprint density at radius 2 is 2.10 bits per heavy atom. The van der Waals surface area contributed by atoms with Crippen LogP contribution in [-0.2, 0) is 11.3 Å². The molecule has 0 aliphatic carbocycles. The average molecular weight is 414 g/mol. The molecule has 9 heteroatoms. The van der Waals surface area contributed by atoms with Gasteiger partial charge in [-0.15, -0.1) is 0 Å². The van der Waals surface area contributed by atoms with Gasteiger partial charge in [0.2, 0.25) is 11.7 Å². The SMILES string of the molecule is CCOc1ccccc1CN(C)C(=O)c1nc(C2CCCN2C(C)=O)[nH]c(=O)c1O. The molecular formula is C21H26N4O5. The number of H-pyrrole nitrogens is 1. The lowest BCUT2D eigenvalue weighted by molar-refractivity contribution is -0.129. The Balaban J connectivity index is 1.89. The second-order valence-corrected chi connectivity index (χ2v) is 7.22. The number of aromatic hydroxyl groups is 1. The number of ether oxygens (including phenoxy) is 1. The van der Waals surface area contributed by atoms with Crippen LogP contribution >= 0.6 is 0 Å². The number of hydrogen-bond donors (Lipinski definition) is 2. The first-order valence-corrected chi connectivity index (χ1v) is 9.90. The maximum atomic E-state index is 13.0. The van der Waals surface area contributed by atoms with Gasteiger partial charge in [-0.1, -0.05) is 18.2 Å². The third kappa shape index (κ3) is 4.29. The number of likely N-dealkylation sites (tertiary alicyclic amines) is 1. The molecule has 0 spiro atoms. The van der Waals surface area contributed by atoms with Gasteiger partial charge in [0.1, 0.15) is 11.6 Å². The van der Waals surface area contributed by atoms with Crippen molar-refractivity contribution >= 4 is 11.8 Å². The van der Waals surface area contributed by atoms with Gasteiger partial charge in [0.05, 0.1) is 12.6 Å². The number of para-hydroxylation sites is 1. The van der Waals surface area contributed by atoms with Crippen molar-refractivity contribution in [3.05, 3.63) is 51.7 Å². The van der Waals surface area contributed by atoms with E-state index < -0.39 is 23.3 Å². The van der Waals surface area contributed by atoms with Crippen LogP contribution in [0.2, 0.25) is 0 Å². The summed E-state index contributed by atoms with van der Waals surface area (Å²) in [5.74, 6) is -0.603. The van der Waals surface area contributed by atoms with E-state index in [1.54, 1.807) is 11.9 Å². The Kier molecular flexibility index (Phi) is 6.39. The first kappa shape index (κ1) is 21.4. The topological polar surface area (TPSA) is 116 Å². The third-order valence-corrected chi connectivity index (χ3v) is 5.12. The van der Waals surface area contributed by atoms with E-state index in [0.29, 0.717) is 25.3 Å². The van der Waals surface area contributed by atoms with Crippen LogP contribution in [0.15, 0.2) is 29.1 Å². The fraction of sp³-hybridized carbons (Fsp3) is 0.429. The highest BCUT2D eigenvalue weighted by atomic mass is 16.5. The highest BCUT2D eigenvalue weighted by molar-refractivity contribution is 5.94. The van der Waals surface area contributed by atoms with E-state index >= 15 is 0 Å². The van der Waals surface area contributed by atoms with Gasteiger partial charge in [-0.25, -0.2) is 4.98 Å². The first-order chi connectivity index (χ1) is 14.3. The molecule has 2 amide bonds. The Morgan fingerprint density at radius 1 is 1.37 bits per heavy atom. The molecule has 0 bridgehead atoms. The molecule has 1 unspecified atom stereocenters. The summed E-state index contributed by atoms with van der Waals surface area (Å²) in [6.45, 7) is 4.58. The molecule has 160 valence electrons. The number of carbonyl (C=O) groups excluding carboxylic acids is 2. The minimum Gasteiger partial charge on any atom is -0.501 e. The molecule has 2 heterocycles. The normalized spacial score (nSPS) is 15.8. The maximum absolute atomic E-state index is 13.0. The molecule has 1 aliphatic rings. The molecule has 1 aromatic heterocycles. The van der Waals surface area contributed by atoms with Crippen molar-refractivity contribution in [2.45, 2.75) is 39.3 Å². The van der Waals surface area contributed by atoms with Crippen LogP contribution < -0.4 is 10.3 Å². The fourth-order valence-corrected chi connectivity index (χ4v) is 3.66. The highest BCUT2D eigenvalue weighted by Crippen LogP contribution is 2.30. The highest BCUT2D eigenvalue weighted by Gasteiger charge is 2.32. The van der Waals surface area contributed by atoms with Crippen LogP contribution in [0.25, 0.3) is 0 Å². The zero-order valence-corrected chi connectivity index (χ0v) is 17.3. The number of aromatic amines is 1. The smallest absolute Gasteiger partial charge is 0.294 e. The quantitative estimate of drug-likeness (QED) is 0.745. The van der Waals surface area contributed by atoms with Gasteiger partial charge < -0.3 is 24.6 Å². The van der Waals surface area contributed by atoms with Crippen LogP contribution in [0.4, 0.5) is 0 Å². The Hall–Kier alpha value is -3.36. The molecule has 2 N–H and O–H groups in total. The van der Waals surface area contributed by atoms with Gasteiger partial charge in [0, 0.05) is 32.6 Å². The van der Waals surface area contributed by atoms with Gasteiger partial charge in [-0.3, -0.25) is 14.4 Å². The molecular weight excluding hydrogens is 388 g/mol. The summed E-state index contributed by atoms with van der Waals surface area (Å²) in [6.07, 6.45) is 1.39. The van der Waals surface area contributed by atoms with Gasteiger partial charge >= 0.3 is 0 Å². The molecule has 0 radical (unpaired) electrons. The summed E-state index contributed by atoms with van der Waals surface area (Å²) in [5.41, 5.74) is -0.347. The summed E-state index contributed by atoms with van der Waals surface area (Å²) in [7, 11) is 1.56. The third-order valence-electron chi connectivity index (χ3n) is 5.12. The molecule has 2 aromatic rings. The minimum absolute atomic E-state index is 0.134. The number of benzene rings is 1. The molecule has 1 saturated heterocycles. The monoisotopic (exact) mass is 414 g/mol. The van der Waals surface area contributed by atoms with E-state index in [0.717, 1.165) is 12.0 Å². The molecule has 1 aliphatic heterocycles. The second kappa shape index (κ2) is 8.98. The predicted molar refractivity (Wildman–Crippen MR) is 109 cm³/mol. The number of rotatable bonds is 6. The van der Waals surface area contributed by atoms with Gasteiger partial charge in [0.25, 0.3) is 11.5 Å². The second-order valence-electron chi connectivity index (χ2n) is 7.22. The summed E-state index contributed by atoms with van der Waals surface area (Å²) in [4.78, 5) is 46.9. The number of hydrogen-bond acceptors (Lipinski definition) is 6. The summed E-state index contributed by atoms with van der Waals surface area (Å²) >= 11 is 0. The van der Waals surface area contributed by atoms with Crippen molar-refractivity contribution in [3.8, 4) is 11.5 Å². The summed E-state index contributed by atoms with van der Waals surface area (Å²) < 4.78 is 5.59. The molecule has 1 aromatic carbocycles. The van der Waals surface area contributed by atoms with Crippen LogP contribution in [0.3, 0.4) is 0 Å². The number of aromatic nitrogens is 2. The predicted octanol–water partition coefficient (Wildman–Crippen LogP) is 1.83. The van der Waals surface area contributed by atoms with E-state index in [-0.39, 0.29) is 24.0 Å². The Bertz CT molecular complexity index is 1000. The lowest BCUT2D eigenvalue weighted by Gasteiger charge is -2.23. The van der Waals surface area contributed by atoms with Crippen molar-refractivity contribution in [3.63, 3.8) is 0 Å². The van der Waals surface area contributed by atoms with Crippen LogP contribution in [-0.4, -0.2) is 56.9 Å². The van der Waals surface area contributed by atoms with E-state index in [1.165, 1.54) is 11.8 Å². The number of carbonyl (C=O) groups is 2. The summed E-state index contributed by atoms with van der Waals surface area (Å²) in [5, 5.41) is 10.2. The zero-order valence-electron chi connectivity index (χ0n) is 17.3. The Labute approximate surface area is 174 Å². The van der Waals surface area contributed by atoms with E-state index in [2.05, 4.69) is 9.97 Å². The van der Waals surface area contributed by atoms with Crippen molar-refractivity contribution in [1.82, 2.24) is 19.8 Å². The van der Waals surface area contributed by atoms with Crippen LogP contribution in [0.5, 0.6) is 11.5 Å². The molecule has 3 rings (SSSR count). The Morgan fingerprint density at radius 3 is 2.80 bits per heavy atom. The largest absolute Gasteiger partial charge is 0.501 e. The van der Waals surface area contributed by atoms with E-state index in [1.807, 2.05) is 31.2 Å². The number of nitrogens with zero attached hydrogens (tertiary/aromatic N) is 3. The number of nitrogens with one attached hydrogen (secondary N) is 1. The van der Waals surface area contributed by atoms with Crippen molar-refractivity contribution in [2.75, 3.05) is 20.2 Å². The van der Waals surface area contributed by atoms with Gasteiger partial charge in [-0.2, -0.15) is 0 Å². The molecule has 9 nitrogen and oxygen atoms in total. The summed E-state index contributed by atoms with van der Waals surface area (Å²) in [6, 6.07) is 6.91. The zero-order chi connectivity index (χ0) is 21.8. The first-order valence-electron chi connectivity index (χ1n) is 9.90. The number of amides is 2. The molecule has 1 fully saturated rings. The van der Waals surface area contributed by atoms with Crippen molar-refractivity contribution in [2.24, 2.45) is 0 Å².